The summed E-state index contributed by atoms with van der Waals surface area (Å²) in [6.45, 7) is 1.36. The van der Waals surface area contributed by atoms with E-state index in [2.05, 4.69) is 11.1 Å². The molecule has 32 heavy (non-hydrogen) atoms. The fourth-order valence-corrected chi connectivity index (χ4v) is 5.91. The standard InChI is InChI=1S/C25H27N3O3S/c29-25(22-11-6-10-21-20-9-4-5-12-23(20)26-24(21)22)27-14-16-28(17-15-27)32(30,31)18-13-19-7-2-1-3-8-19/h1-3,6-8,10-11,13,18,26H,4-5,9,12,14-17H2/b18-13+. The minimum absolute atomic E-state index is 0.0360. The van der Waals surface area contributed by atoms with Crippen LogP contribution in [0.15, 0.2) is 53.9 Å². The maximum atomic E-state index is 13.3. The highest BCUT2D eigenvalue weighted by Gasteiger charge is 2.29. The molecule has 1 aliphatic heterocycles. The Morgan fingerprint density at radius 2 is 1.66 bits per heavy atom. The second-order valence-corrected chi connectivity index (χ2v) is 10.3. The van der Waals surface area contributed by atoms with Gasteiger partial charge in [-0.05, 0) is 49.0 Å². The minimum Gasteiger partial charge on any atom is -0.358 e. The van der Waals surface area contributed by atoms with Gasteiger partial charge in [-0.15, -0.1) is 0 Å². The Balaban J connectivity index is 1.30. The molecule has 1 aromatic heterocycles. The summed E-state index contributed by atoms with van der Waals surface area (Å²) in [5, 5.41) is 2.40. The lowest BCUT2D eigenvalue weighted by Gasteiger charge is -2.33. The Morgan fingerprint density at radius 1 is 0.906 bits per heavy atom. The molecule has 2 aromatic carbocycles. The first-order valence-corrected chi connectivity index (χ1v) is 12.7. The van der Waals surface area contributed by atoms with Crippen LogP contribution in [0.25, 0.3) is 17.0 Å². The second kappa shape index (κ2) is 8.56. The largest absolute Gasteiger partial charge is 0.358 e. The summed E-state index contributed by atoms with van der Waals surface area (Å²) in [4.78, 5) is 18.6. The summed E-state index contributed by atoms with van der Waals surface area (Å²) in [6.07, 6.45) is 6.07. The number of nitrogens with zero attached hydrogens (tertiary/aromatic N) is 2. The molecule has 1 saturated heterocycles. The number of carbonyl (C=O) groups excluding carboxylic acids is 1. The number of hydrogen-bond acceptors (Lipinski definition) is 3. The smallest absolute Gasteiger partial charge is 0.256 e. The first-order chi connectivity index (χ1) is 15.5. The molecule has 0 bridgehead atoms. The van der Waals surface area contributed by atoms with Crippen LogP contribution in [0.2, 0.25) is 0 Å². The number of piperazine rings is 1. The van der Waals surface area contributed by atoms with Crippen molar-refractivity contribution in [3.05, 3.63) is 76.3 Å². The van der Waals surface area contributed by atoms with Crippen LogP contribution in [0.4, 0.5) is 0 Å². The molecule has 2 heterocycles. The van der Waals surface area contributed by atoms with Crippen molar-refractivity contribution in [2.75, 3.05) is 26.2 Å². The topological polar surface area (TPSA) is 73.5 Å². The molecule has 0 radical (unpaired) electrons. The third kappa shape index (κ3) is 3.98. The SMILES string of the molecule is O=C(c1cccc2c3c([nH]c12)CCCC3)N1CCN(S(=O)(=O)/C=C/c2ccccc2)CC1. The maximum absolute atomic E-state index is 13.3. The van der Waals surface area contributed by atoms with E-state index in [9.17, 15) is 13.2 Å². The van der Waals surface area contributed by atoms with Gasteiger partial charge in [0, 0.05) is 42.7 Å². The van der Waals surface area contributed by atoms with E-state index in [4.69, 9.17) is 0 Å². The number of aromatic amines is 1. The van der Waals surface area contributed by atoms with Crippen molar-refractivity contribution in [1.82, 2.24) is 14.2 Å². The highest BCUT2D eigenvalue weighted by atomic mass is 32.2. The van der Waals surface area contributed by atoms with E-state index < -0.39 is 10.0 Å². The molecule has 166 valence electrons. The summed E-state index contributed by atoms with van der Waals surface area (Å²) in [7, 11) is -3.52. The molecule has 0 atom stereocenters. The Labute approximate surface area is 188 Å². The molecule has 0 saturated carbocycles. The molecule has 3 aromatic rings. The number of amides is 1. The minimum atomic E-state index is -3.52. The quantitative estimate of drug-likeness (QED) is 0.658. The van der Waals surface area contributed by atoms with Gasteiger partial charge in [0.05, 0.1) is 11.1 Å². The van der Waals surface area contributed by atoms with E-state index in [1.807, 2.05) is 42.5 Å². The van der Waals surface area contributed by atoms with E-state index in [0.29, 0.717) is 31.7 Å². The molecule has 1 fully saturated rings. The Bertz CT molecular complexity index is 1270. The monoisotopic (exact) mass is 449 g/mol. The number of carbonyl (C=O) groups is 1. The van der Waals surface area contributed by atoms with Crippen LogP contribution in [0.3, 0.4) is 0 Å². The summed E-state index contributed by atoms with van der Waals surface area (Å²) < 4.78 is 26.9. The molecule has 0 unspecified atom stereocenters. The Kier molecular flexibility index (Phi) is 5.61. The van der Waals surface area contributed by atoms with Gasteiger partial charge in [-0.25, -0.2) is 8.42 Å². The van der Waals surface area contributed by atoms with E-state index in [1.165, 1.54) is 33.8 Å². The number of para-hydroxylation sites is 1. The first-order valence-electron chi connectivity index (χ1n) is 11.2. The lowest BCUT2D eigenvalue weighted by molar-refractivity contribution is 0.0700. The zero-order valence-electron chi connectivity index (χ0n) is 18.0. The van der Waals surface area contributed by atoms with Gasteiger partial charge in [0.25, 0.3) is 5.91 Å². The first kappa shape index (κ1) is 21.0. The Hall–Kier alpha value is -2.90. The van der Waals surface area contributed by atoms with Crippen LogP contribution < -0.4 is 0 Å². The van der Waals surface area contributed by atoms with Crippen molar-refractivity contribution < 1.29 is 13.2 Å². The lowest BCUT2D eigenvalue weighted by Crippen LogP contribution is -2.50. The van der Waals surface area contributed by atoms with Crippen LogP contribution >= 0.6 is 0 Å². The molecule has 5 rings (SSSR count). The average Bonchev–Trinajstić information content (AvgIpc) is 3.22. The van der Waals surface area contributed by atoms with Gasteiger partial charge in [0.15, 0.2) is 0 Å². The number of sulfonamides is 1. The van der Waals surface area contributed by atoms with Crippen molar-refractivity contribution >= 4 is 32.9 Å². The van der Waals surface area contributed by atoms with E-state index in [0.717, 1.165) is 29.3 Å². The fraction of sp³-hybridized carbons (Fsp3) is 0.320. The highest BCUT2D eigenvalue weighted by Crippen LogP contribution is 2.31. The third-order valence-electron chi connectivity index (χ3n) is 6.48. The van der Waals surface area contributed by atoms with Gasteiger partial charge in [0.1, 0.15) is 0 Å². The molecule has 0 spiro atoms. The van der Waals surface area contributed by atoms with Crippen molar-refractivity contribution in [2.45, 2.75) is 25.7 Å². The van der Waals surface area contributed by atoms with E-state index in [-0.39, 0.29) is 5.91 Å². The average molecular weight is 450 g/mol. The van der Waals surface area contributed by atoms with Crippen molar-refractivity contribution in [1.29, 1.82) is 0 Å². The number of fused-ring (bicyclic) bond motifs is 3. The molecule has 1 amide bonds. The van der Waals surface area contributed by atoms with E-state index >= 15 is 0 Å². The van der Waals surface area contributed by atoms with Gasteiger partial charge >= 0.3 is 0 Å². The molecular weight excluding hydrogens is 422 g/mol. The normalized spacial score (nSPS) is 17.7. The molecular formula is C25H27N3O3S. The number of aryl methyl sites for hydroxylation is 2. The third-order valence-corrected chi connectivity index (χ3v) is 8.05. The maximum Gasteiger partial charge on any atom is 0.256 e. The van der Waals surface area contributed by atoms with Gasteiger partial charge in [-0.3, -0.25) is 4.79 Å². The zero-order chi connectivity index (χ0) is 22.1. The molecule has 2 aliphatic rings. The van der Waals surface area contributed by atoms with Crippen molar-refractivity contribution in [2.24, 2.45) is 0 Å². The predicted octanol–water partition coefficient (Wildman–Crippen LogP) is 3.81. The summed E-state index contributed by atoms with van der Waals surface area (Å²) in [5.41, 5.74) is 5.05. The van der Waals surface area contributed by atoms with E-state index in [1.54, 1.807) is 11.0 Å². The number of aromatic nitrogens is 1. The number of benzene rings is 2. The van der Waals surface area contributed by atoms with Crippen molar-refractivity contribution in [3.8, 4) is 0 Å². The molecule has 6 nitrogen and oxygen atoms in total. The van der Waals surface area contributed by atoms with Gasteiger partial charge in [-0.2, -0.15) is 4.31 Å². The van der Waals surface area contributed by atoms with Crippen molar-refractivity contribution in [3.63, 3.8) is 0 Å². The van der Waals surface area contributed by atoms with Crippen LogP contribution in [-0.2, 0) is 22.9 Å². The fourth-order valence-electron chi connectivity index (χ4n) is 4.74. The summed E-state index contributed by atoms with van der Waals surface area (Å²) in [6, 6.07) is 15.3. The Morgan fingerprint density at radius 3 is 2.44 bits per heavy atom. The van der Waals surface area contributed by atoms with Crippen LogP contribution in [0.5, 0.6) is 0 Å². The highest BCUT2D eigenvalue weighted by molar-refractivity contribution is 7.92. The summed E-state index contributed by atoms with van der Waals surface area (Å²) in [5.74, 6) is -0.0360. The molecule has 1 N–H and O–H groups in total. The number of hydrogen-bond donors (Lipinski definition) is 1. The molecule has 7 heteroatoms. The number of H-pyrrole nitrogens is 1. The number of rotatable bonds is 4. The zero-order valence-corrected chi connectivity index (χ0v) is 18.8. The van der Waals surface area contributed by atoms with Gasteiger partial charge in [-0.1, -0.05) is 42.5 Å². The van der Waals surface area contributed by atoms with Gasteiger partial charge in [0.2, 0.25) is 10.0 Å². The van der Waals surface area contributed by atoms with Gasteiger partial charge < -0.3 is 9.88 Å². The number of nitrogens with one attached hydrogen (secondary N) is 1. The molecule has 1 aliphatic carbocycles. The van der Waals surface area contributed by atoms with Crippen LogP contribution in [0, 0.1) is 0 Å². The van der Waals surface area contributed by atoms with Crippen LogP contribution in [0.1, 0.15) is 40.0 Å². The lowest BCUT2D eigenvalue weighted by atomic mass is 9.95. The second-order valence-electron chi connectivity index (χ2n) is 8.47. The van der Waals surface area contributed by atoms with Crippen LogP contribution in [-0.4, -0.2) is 54.7 Å². The predicted molar refractivity (Wildman–Crippen MR) is 127 cm³/mol. The summed E-state index contributed by atoms with van der Waals surface area (Å²) >= 11 is 0.